The summed E-state index contributed by atoms with van der Waals surface area (Å²) in [6.45, 7) is 0.669. The van der Waals surface area contributed by atoms with Crippen molar-refractivity contribution in [2.24, 2.45) is 0 Å². The number of carbonyl (C=O) groups excluding carboxylic acids is 2. The fourth-order valence-electron chi connectivity index (χ4n) is 2.49. The molecule has 0 fully saturated rings. The molecule has 0 bridgehead atoms. The Labute approximate surface area is 176 Å². The van der Waals surface area contributed by atoms with Crippen LogP contribution in [0.3, 0.4) is 0 Å². The Balaban J connectivity index is 0.000000248. The minimum Gasteiger partial charge on any atom is -0.469 e. The number of alkyl carbamates (subject to hydrolysis) is 1. The first kappa shape index (κ1) is 22.5. The first-order valence-corrected chi connectivity index (χ1v) is 9.46. The van der Waals surface area contributed by atoms with Crippen molar-refractivity contribution in [2.45, 2.75) is 19.6 Å². The topological polar surface area (TPSA) is 90.6 Å². The van der Waals surface area contributed by atoms with E-state index in [-0.39, 0.29) is 12.6 Å². The maximum atomic E-state index is 11.5. The number of amides is 1. The van der Waals surface area contributed by atoms with E-state index in [4.69, 9.17) is 10.5 Å². The summed E-state index contributed by atoms with van der Waals surface area (Å²) in [6.07, 6.45) is -0.0802. The molecule has 0 heterocycles. The first-order chi connectivity index (χ1) is 14.6. The normalized spacial score (nSPS) is 9.63. The van der Waals surface area contributed by atoms with Crippen LogP contribution in [-0.2, 0) is 33.8 Å². The van der Waals surface area contributed by atoms with Crippen LogP contribution in [-0.4, -0.2) is 19.2 Å². The van der Waals surface area contributed by atoms with Crippen molar-refractivity contribution in [3.8, 4) is 0 Å². The lowest BCUT2D eigenvalue weighted by Gasteiger charge is -2.07. The molecule has 1 amide bonds. The molecule has 0 aliphatic heterocycles. The maximum absolute atomic E-state index is 11.5. The molecule has 30 heavy (non-hydrogen) atoms. The van der Waals surface area contributed by atoms with Crippen LogP contribution >= 0.6 is 0 Å². The lowest BCUT2D eigenvalue weighted by molar-refractivity contribution is -0.139. The molecule has 0 atom stereocenters. The van der Waals surface area contributed by atoms with Gasteiger partial charge in [0, 0.05) is 12.2 Å². The zero-order valence-corrected chi connectivity index (χ0v) is 16.9. The Morgan fingerprint density at radius 1 is 0.833 bits per heavy atom. The smallest absolute Gasteiger partial charge is 0.407 e. The zero-order valence-electron chi connectivity index (χ0n) is 16.9. The number of ether oxygens (including phenoxy) is 2. The number of esters is 1. The highest BCUT2D eigenvalue weighted by Gasteiger charge is 2.03. The second kappa shape index (κ2) is 12.6. The molecule has 156 valence electrons. The Morgan fingerprint density at radius 2 is 1.43 bits per heavy atom. The predicted octanol–water partition coefficient (Wildman–Crippen LogP) is 4.10. The van der Waals surface area contributed by atoms with E-state index >= 15 is 0 Å². The van der Waals surface area contributed by atoms with Crippen LogP contribution in [0, 0.1) is 0 Å². The molecular formula is C24H26N2O4. The van der Waals surface area contributed by atoms with Gasteiger partial charge in [0.25, 0.3) is 0 Å². The zero-order chi connectivity index (χ0) is 21.6. The van der Waals surface area contributed by atoms with Gasteiger partial charge in [-0.2, -0.15) is 0 Å². The van der Waals surface area contributed by atoms with Gasteiger partial charge in [-0.25, -0.2) is 4.79 Å². The lowest BCUT2D eigenvalue weighted by atomic mass is 10.2. The van der Waals surface area contributed by atoms with Crippen LogP contribution < -0.4 is 11.1 Å². The van der Waals surface area contributed by atoms with E-state index in [0.29, 0.717) is 18.7 Å². The van der Waals surface area contributed by atoms with Gasteiger partial charge in [0.15, 0.2) is 0 Å². The van der Waals surface area contributed by atoms with Crippen molar-refractivity contribution in [3.05, 3.63) is 102 Å². The number of methoxy groups -OCH3 is 1. The number of nitrogens with one attached hydrogen (secondary N) is 1. The molecule has 0 aromatic heterocycles. The number of carbonyl (C=O) groups is 2. The Kier molecular flexibility index (Phi) is 9.46. The van der Waals surface area contributed by atoms with Crippen LogP contribution in [0.25, 0.3) is 0 Å². The van der Waals surface area contributed by atoms with Gasteiger partial charge in [0.05, 0.1) is 13.5 Å². The Hall–Kier alpha value is -3.80. The van der Waals surface area contributed by atoms with Gasteiger partial charge < -0.3 is 20.5 Å². The van der Waals surface area contributed by atoms with Crippen molar-refractivity contribution in [1.29, 1.82) is 0 Å². The minimum atomic E-state index is -0.439. The van der Waals surface area contributed by atoms with Gasteiger partial charge in [-0.3, -0.25) is 4.79 Å². The SMILES string of the molecule is COC(=O)Cc1ccccc1.Nc1cccc(CNC(=O)OCc2ccccc2)c1. The summed E-state index contributed by atoms with van der Waals surface area (Å²) >= 11 is 0. The minimum absolute atomic E-state index is 0.198. The van der Waals surface area contributed by atoms with Crippen LogP contribution in [0.1, 0.15) is 16.7 Å². The van der Waals surface area contributed by atoms with Crippen molar-refractivity contribution in [3.63, 3.8) is 0 Å². The third-order valence-corrected chi connectivity index (χ3v) is 4.02. The van der Waals surface area contributed by atoms with E-state index < -0.39 is 6.09 Å². The molecule has 6 nitrogen and oxygen atoms in total. The lowest BCUT2D eigenvalue weighted by Crippen LogP contribution is -2.23. The van der Waals surface area contributed by atoms with Crippen LogP contribution in [0.4, 0.5) is 10.5 Å². The summed E-state index contributed by atoms with van der Waals surface area (Å²) < 4.78 is 9.61. The summed E-state index contributed by atoms with van der Waals surface area (Å²) in [6, 6.07) is 26.4. The van der Waals surface area contributed by atoms with Gasteiger partial charge in [-0.05, 0) is 28.8 Å². The first-order valence-electron chi connectivity index (χ1n) is 9.46. The van der Waals surface area contributed by atoms with E-state index in [1.807, 2.05) is 78.9 Å². The Bertz CT molecular complexity index is 915. The average molecular weight is 406 g/mol. The number of anilines is 1. The van der Waals surface area contributed by atoms with E-state index in [2.05, 4.69) is 10.1 Å². The molecule has 0 radical (unpaired) electrons. The highest BCUT2D eigenvalue weighted by atomic mass is 16.5. The third kappa shape index (κ3) is 8.93. The quantitative estimate of drug-likeness (QED) is 0.475. The molecule has 0 spiro atoms. The van der Waals surface area contributed by atoms with E-state index in [0.717, 1.165) is 16.7 Å². The third-order valence-electron chi connectivity index (χ3n) is 4.02. The molecule has 6 heteroatoms. The molecule has 0 saturated carbocycles. The summed E-state index contributed by atoms with van der Waals surface area (Å²) in [5.41, 5.74) is 9.22. The monoisotopic (exact) mass is 406 g/mol. The fourth-order valence-corrected chi connectivity index (χ4v) is 2.49. The number of hydrogen-bond donors (Lipinski definition) is 2. The van der Waals surface area contributed by atoms with E-state index in [1.165, 1.54) is 7.11 Å². The van der Waals surface area contributed by atoms with Gasteiger partial charge in [0.2, 0.25) is 0 Å². The van der Waals surface area contributed by atoms with Crippen molar-refractivity contribution in [2.75, 3.05) is 12.8 Å². The van der Waals surface area contributed by atoms with E-state index in [1.54, 1.807) is 6.07 Å². The van der Waals surface area contributed by atoms with Crippen LogP contribution in [0.2, 0.25) is 0 Å². The van der Waals surface area contributed by atoms with Crippen LogP contribution in [0.15, 0.2) is 84.9 Å². The molecule has 3 aromatic rings. The predicted molar refractivity (Wildman–Crippen MR) is 116 cm³/mol. The highest BCUT2D eigenvalue weighted by molar-refractivity contribution is 5.72. The highest BCUT2D eigenvalue weighted by Crippen LogP contribution is 2.06. The average Bonchev–Trinajstić information content (AvgIpc) is 2.78. The number of hydrogen-bond acceptors (Lipinski definition) is 5. The second-order valence-electron chi connectivity index (χ2n) is 6.40. The van der Waals surface area contributed by atoms with Gasteiger partial charge in [0.1, 0.15) is 6.61 Å². The molecule has 0 unspecified atom stereocenters. The van der Waals surface area contributed by atoms with Gasteiger partial charge in [-0.1, -0.05) is 72.8 Å². The van der Waals surface area contributed by atoms with Gasteiger partial charge >= 0.3 is 12.1 Å². The maximum Gasteiger partial charge on any atom is 0.407 e. The molecule has 0 aliphatic rings. The summed E-state index contributed by atoms with van der Waals surface area (Å²) in [4.78, 5) is 22.3. The molecule has 0 saturated heterocycles. The van der Waals surface area contributed by atoms with Gasteiger partial charge in [-0.15, -0.1) is 0 Å². The largest absolute Gasteiger partial charge is 0.469 e. The molecule has 3 rings (SSSR count). The van der Waals surface area contributed by atoms with Crippen molar-refractivity contribution >= 4 is 17.7 Å². The fraction of sp³-hybridized carbons (Fsp3) is 0.167. The number of nitrogens with two attached hydrogens (primary N) is 1. The number of rotatable bonds is 6. The number of benzene rings is 3. The molecule has 3 N–H and O–H groups in total. The molecular weight excluding hydrogens is 380 g/mol. The Morgan fingerprint density at radius 3 is 2.03 bits per heavy atom. The standard InChI is InChI=1S/C15H16N2O2.C9H10O2/c16-14-8-4-7-13(9-14)10-17-15(18)19-11-12-5-2-1-3-6-12;1-11-9(10)7-8-5-3-2-4-6-8/h1-9H,10-11,16H2,(H,17,18);2-6H,7H2,1H3. The summed E-state index contributed by atoms with van der Waals surface area (Å²) in [5, 5.41) is 2.68. The molecule has 3 aromatic carbocycles. The summed E-state index contributed by atoms with van der Waals surface area (Å²) in [7, 11) is 1.39. The summed E-state index contributed by atoms with van der Waals surface area (Å²) in [5.74, 6) is -0.198. The van der Waals surface area contributed by atoms with Crippen LogP contribution in [0.5, 0.6) is 0 Å². The van der Waals surface area contributed by atoms with Crippen molar-refractivity contribution < 1.29 is 19.1 Å². The number of nitrogen functional groups attached to an aromatic ring is 1. The second-order valence-corrected chi connectivity index (χ2v) is 6.40. The van der Waals surface area contributed by atoms with Crippen molar-refractivity contribution in [1.82, 2.24) is 5.32 Å². The van der Waals surface area contributed by atoms with E-state index in [9.17, 15) is 9.59 Å². The molecule has 0 aliphatic carbocycles.